The fourth-order valence-corrected chi connectivity index (χ4v) is 2.42. The van der Waals surface area contributed by atoms with Crippen LogP contribution in [0.4, 0.5) is 0 Å². The van der Waals surface area contributed by atoms with Gasteiger partial charge in [0, 0.05) is 23.7 Å². The third-order valence-electron chi connectivity index (χ3n) is 3.31. The lowest BCUT2D eigenvalue weighted by molar-refractivity contribution is 0.342. The molecule has 0 radical (unpaired) electrons. The number of rotatable bonds is 3. The van der Waals surface area contributed by atoms with E-state index >= 15 is 0 Å². The molecule has 0 unspecified atom stereocenters. The Morgan fingerprint density at radius 3 is 2.33 bits per heavy atom. The molecule has 3 N–H and O–H groups in total. The Morgan fingerprint density at radius 1 is 1.11 bits per heavy atom. The van der Waals surface area contributed by atoms with Gasteiger partial charge in [-0.25, -0.2) is 0 Å². The lowest BCUT2D eigenvalue weighted by Gasteiger charge is -2.27. The highest BCUT2D eigenvalue weighted by Crippen LogP contribution is 2.19. The van der Waals surface area contributed by atoms with Gasteiger partial charge in [0.1, 0.15) is 0 Å². The van der Waals surface area contributed by atoms with Gasteiger partial charge in [-0.1, -0.05) is 29.8 Å². The van der Waals surface area contributed by atoms with Crippen molar-refractivity contribution in [1.29, 1.82) is 0 Å². The highest BCUT2D eigenvalue weighted by atomic mass is 35.5. The summed E-state index contributed by atoms with van der Waals surface area (Å²) in [6, 6.07) is 9.03. The van der Waals surface area contributed by atoms with Gasteiger partial charge in [-0.3, -0.25) is 0 Å². The molecular weight excluding hydrogens is 291 g/mol. The fourth-order valence-electron chi connectivity index (χ4n) is 2.22. The minimum atomic E-state index is 0. The van der Waals surface area contributed by atoms with Crippen LogP contribution in [-0.4, -0.2) is 12.1 Å². The minimum Gasteiger partial charge on any atom is -0.328 e. The van der Waals surface area contributed by atoms with E-state index in [1.54, 1.807) is 0 Å². The number of nitrogens with two attached hydrogens (primary N) is 1. The molecule has 0 heterocycles. The summed E-state index contributed by atoms with van der Waals surface area (Å²) in [4.78, 5) is 0. The molecule has 0 bridgehead atoms. The van der Waals surface area contributed by atoms with Gasteiger partial charge in [-0.2, -0.15) is 0 Å². The first-order valence-corrected chi connectivity index (χ1v) is 6.36. The third-order valence-corrected chi connectivity index (χ3v) is 3.68. The first kappa shape index (κ1) is 18.0. The second-order valence-corrected chi connectivity index (χ2v) is 4.99. The van der Waals surface area contributed by atoms with Crippen molar-refractivity contribution in [1.82, 2.24) is 5.32 Å². The molecule has 0 aliphatic heterocycles. The van der Waals surface area contributed by atoms with E-state index in [1.165, 1.54) is 18.4 Å². The van der Waals surface area contributed by atoms with Crippen molar-refractivity contribution in [2.45, 2.75) is 44.3 Å². The van der Waals surface area contributed by atoms with Crippen molar-refractivity contribution in [2.24, 2.45) is 5.73 Å². The molecule has 2 rings (SSSR count). The molecule has 5 heteroatoms. The smallest absolute Gasteiger partial charge is 0.0450 e. The summed E-state index contributed by atoms with van der Waals surface area (Å²) in [6.45, 7) is 0.861. The van der Waals surface area contributed by atoms with E-state index in [0.717, 1.165) is 24.4 Å². The van der Waals surface area contributed by atoms with Gasteiger partial charge in [0.05, 0.1) is 0 Å². The Morgan fingerprint density at radius 2 is 1.72 bits per heavy atom. The van der Waals surface area contributed by atoms with Gasteiger partial charge in [0.2, 0.25) is 0 Å². The number of hydrogen-bond donors (Lipinski definition) is 2. The fraction of sp³-hybridized carbons (Fsp3) is 0.538. The van der Waals surface area contributed by atoms with E-state index in [0.29, 0.717) is 12.1 Å². The topological polar surface area (TPSA) is 38.0 Å². The van der Waals surface area contributed by atoms with Gasteiger partial charge < -0.3 is 11.1 Å². The van der Waals surface area contributed by atoms with Crippen LogP contribution in [0.2, 0.25) is 5.02 Å². The quantitative estimate of drug-likeness (QED) is 0.896. The van der Waals surface area contributed by atoms with Crippen molar-refractivity contribution in [3.63, 3.8) is 0 Å². The number of benzene rings is 1. The lowest BCUT2D eigenvalue weighted by Crippen LogP contribution is -2.37. The van der Waals surface area contributed by atoms with E-state index in [1.807, 2.05) is 18.2 Å². The van der Waals surface area contributed by atoms with Gasteiger partial charge in [0.25, 0.3) is 0 Å². The molecule has 1 aromatic carbocycles. The van der Waals surface area contributed by atoms with E-state index in [2.05, 4.69) is 11.4 Å². The predicted molar refractivity (Wildman–Crippen MR) is 83.0 cm³/mol. The predicted octanol–water partition coefficient (Wildman–Crippen LogP) is 3.54. The highest BCUT2D eigenvalue weighted by Gasteiger charge is 2.17. The van der Waals surface area contributed by atoms with Crippen molar-refractivity contribution in [2.75, 3.05) is 0 Å². The zero-order valence-electron chi connectivity index (χ0n) is 10.3. The Balaban J connectivity index is 0.00000144. The summed E-state index contributed by atoms with van der Waals surface area (Å²) in [5, 5.41) is 4.41. The average Bonchev–Trinajstić information content (AvgIpc) is 2.30. The second-order valence-electron chi connectivity index (χ2n) is 4.58. The molecule has 1 aliphatic carbocycles. The van der Waals surface area contributed by atoms with Crippen molar-refractivity contribution < 1.29 is 0 Å². The van der Waals surface area contributed by atoms with E-state index in [-0.39, 0.29) is 24.8 Å². The molecular formula is C13H21Cl3N2. The molecule has 0 saturated heterocycles. The Bertz CT molecular complexity index is 339. The van der Waals surface area contributed by atoms with Gasteiger partial charge in [0.15, 0.2) is 0 Å². The molecule has 18 heavy (non-hydrogen) atoms. The summed E-state index contributed by atoms with van der Waals surface area (Å²) < 4.78 is 0. The van der Waals surface area contributed by atoms with Gasteiger partial charge in [-0.05, 0) is 37.3 Å². The van der Waals surface area contributed by atoms with Crippen LogP contribution in [0.5, 0.6) is 0 Å². The maximum atomic E-state index is 6.11. The lowest BCUT2D eigenvalue weighted by atomic mass is 9.92. The molecule has 2 nitrogen and oxygen atoms in total. The normalized spacial score (nSPS) is 22.8. The first-order valence-electron chi connectivity index (χ1n) is 5.98. The highest BCUT2D eigenvalue weighted by molar-refractivity contribution is 6.31. The number of halogens is 3. The van der Waals surface area contributed by atoms with E-state index in [4.69, 9.17) is 17.3 Å². The van der Waals surface area contributed by atoms with Crippen LogP contribution >= 0.6 is 36.4 Å². The molecule has 104 valence electrons. The van der Waals surface area contributed by atoms with Crippen LogP contribution in [0, 0.1) is 0 Å². The van der Waals surface area contributed by atoms with Crippen LogP contribution in [-0.2, 0) is 6.54 Å². The summed E-state index contributed by atoms with van der Waals surface area (Å²) in [5.41, 5.74) is 7.06. The van der Waals surface area contributed by atoms with Crippen LogP contribution in [0.3, 0.4) is 0 Å². The molecule has 0 atom stereocenters. The van der Waals surface area contributed by atoms with Crippen LogP contribution < -0.4 is 11.1 Å². The largest absolute Gasteiger partial charge is 0.328 e. The van der Waals surface area contributed by atoms with E-state index < -0.39 is 0 Å². The van der Waals surface area contributed by atoms with Crippen LogP contribution in [0.15, 0.2) is 24.3 Å². The van der Waals surface area contributed by atoms with Crippen LogP contribution in [0.25, 0.3) is 0 Å². The van der Waals surface area contributed by atoms with Gasteiger partial charge >= 0.3 is 0 Å². The number of hydrogen-bond acceptors (Lipinski definition) is 2. The van der Waals surface area contributed by atoms with Crippen molar-refractivity contribution in [3.8, 4) is 0 Å². The molecule has 1 aliphatic rings. The Kier molecular flexibility index (Phi) is 9.01. The average molecular weight is 312 g/mol. The number of nitrogens with one attached hydrogen (secondary N) is 1. The zero-order chi connectivity index (χ0) is 11.4. The second kappa shape index (κ2) is 9.00. The molecule has 1 saturated carbocycles. The van der Waals surface area contributed by atoms with Gasteiger partial charge in [-0.15, -0.1) is 24.8 Å². The molecule has 0 aromatic heterocycles. The summed E-state index contributed by atoms with van der Waals surface area (Å²) >= 11 is 6.11. The molecule has 1 aromatic rings. The summed E-state index contributed by atoms with van der Waals surface area (Å²) in [6.07, 6.45) is 4.65. The first-order chi connectivity index (χ1) is 7.75. The SMILES string of the molecule is Cl.Cl.NC1CCC(NCc2ccccc2Cl)CC1. The Labute approximate surface area is 126 Å². The summed E-state index contributed by atoms with van der Waals surface area (Å²) in [5.74, 6) is 0. The molecule has 0 spiro atoms. The van der Waals surface area contributed by atoms with E-state index in [9.17, 15) is 0 Å². The van der Waals surface area contributed by atoms with Crippen molar-refractivity contribution >= 4 is 36.4 Å². The molecule has 1 fully saturated rings. The maximum absolute atomic E-state index is 6.11. The summed E-state index contributed by atoms with van der Waals surface area (Å²) in [7, 11) is 0. The maximum Gasteiger partial charge on any atom is 0.0450 e. The Hall–Kier alpha value is 0.01000. The molecule has 0 amide bonds. The van der Waals surface area contributed by atoms with Crippen LogP contribution in [0.1, 0.15) is 31.2 Å². The standard InChI is InChI=1S/C13H19ClN2.2ClH/c14-13-4-2-1-3-10(13)9-16-12-7-5-11(15)6-8-12;;/h1-4,11-12,16H,5-9,15H2;2*1H. The minimum absolute atomic E-state index is 0. The monoisotopic (exact) mass is 310 g/mol. The van der Waals surface area contributed by atoms with Crippen molar-refractivity contribution in [3.05, 3.63) is 34.9 Å². The zero-order valence-corrected chi connectivity index (χ0v) is 12.7. The third kappa shape index (κ3) is 5.33.